The monoisotopic (exact) mass is 352 g/mol. The van der Waals surface area contributed by atoms with Crippen molar-refractivity contribution in [1.82, 2.24) is 9.80 Å². The Bertz CT molecular complexity index is 732. The number of rotatable bonds is 6. The van der Waals surface area contributed by atoms with Crippen molar-refractivity contribution >= 4 is 5.97 Å². The average molecular weight is 352 g/mol. The maximum absolute atomic E-state index is 11.1. The zero-order chi connectivity index (χ0) is 18.5. The van der Waals surface area contributed by atoms with Gasteiger partial charge in [0.1, 0.15) is 0 Å². The van der Waals surface area contributed by atoms with E-state index in [2.05, 4.69) is 47.9 Å². The smallest absolute Gasteiger partial charge is 0.335 e. The van der Waals surface area contributed by atoms with E-state index in [9.17, 15) is 4.79 Å². The summed E-state index contributed by atoms with van der Waals surface area (Å²) in [7, 11) is 0. The van der Waals surface area contributed by atoms with Gasteiger partial charge >= 0.3 is 5.97 Å². The van der Waals surface area contributed by atoms with E-state index in [1.54, 1.807) is 12.1 Å². The number of aromatic carboxylic acids is 1. The Morgan fingerprint density at radius 2 is 1.50 bits per heavy atom. The third-order valence-corrected chi connectivity index (χ3v) is 5.10. The van der Waals surface area contributed by atoms with E-state index in [0.29, 0.717) is 11.5 Å². The quantitative estimate of drug-likeness (QED) is 0.858. The predicted octanol–water partition coefficient (Wildman–Crippen LogP) is 3.83. The molecule has 0 saturated carbocycles. The van der Waals surface area contributed by atoms with Crippen LogP contribution in [0.4, 0.5) is 0 Å². The molecular formula is C22H28N2O2. The Balaban J connectivity index is 1.49. The van der Waals surface area contributed by atoms with E-state index in [-0.39, 0.29) is 0 Å². The first-order chi connectivity index (χ1) is 12.5. The molecule has 0 atom stereocenters. The molecule has 1 heterocycles. The molecule has 0 aromatic heterocycles. The topological polar surface area (TPSA) is 43.8 Å². The predicted molar refractivity (Wildman–Crippen MR) is 104 cm³/mol. The molecular weight excluding hydrogens is 324 g/mol. The molecule has 1 saturated heterocycles. The molecule has 0 aliphatic carbocycles. The lowest BCUT2D eigenvalue weighted by atomic mass is 10.0. The van der Waals surface area contributed by atoms with Crippen LogP contribution < -0.4 is 0 Å². The SMILES string of the molecule is CC(C)c1ccc(CN2CCN(Cc3cccc(C(=O)O)c3)CC2)cc1. The molecule has 1 aliphatic heterocycles. The van der Waals surface area contributed by atoms with Gasteiger partial charge in [-0.1, -0.05) is 50.2 Å². The third kappa shape index (κ3) is 4.93. The Morgan fingerprint density at radius 1 is 0.923 bits per heavy atom. The maximum Gasteiger partial charge on any atom is 0.335 e. The number of benzene rings is 2. The Labute approximate surface area is 156 Å². The average Bonchev–Trinajstić information content (AvgIpc) is 2.64. The van der Waals surface area contributed by atoms with Crippen LogP contribution in [0.5, 0.6) is 0 Å². The fourth-order valence-corrected chi connectivity index (χ4v) is 3.43. The van der Waals surface area contributed by atoms with Crippen LogP contribution in [0, 0.1) is 0 Å². The van der Waals surface area contributed by atoms with Crippen LogP contribution in [0.15, 0.2) is 48.5 Å². The Hall–Kier alpha value is -2.17. The summed E-state index contributed by atoms with van der Waals surface area (Å²) in [6, 6.07) is 16.2. The van der Waals surface area contributed by atoms with Gasteiger partial charge in [-0.25, -0.2) is 4.79 Å². The van der Waals surface area contributed by atoms with Crippen molar-refractivity contribution in [2.45, 2.75) is 32.9 Å². The number of hydrogen-bond donors (Lipinski definition) is 1. The summed E-state index contributed by atoms with van der Waals surface area (Å²) >= 11 is 0. The van der Waals surface area contributed by atoms with Gasteiger partial charge in [0.15, 0.2) is 0 Å². The minimum atomic E-state index is -0.861. The minimum absolute atomic E-state index is 0.367. The summed E-state index contributed by atoms with van der Waals surface area (Å²) in [5.74, 6) is -0.285. The fourth-order valence-electron chi connectivity index (χ4n) is 3.43. The molecule has 0 spiro atoms. The number of piperazine rings is 1. The molecule has 0 unspecified atom stereocenters. The Morgan fingerprint density at radius 3 is 2.04 bits per heavy atom. The van der Waals surface area contributed by atoms with Gasteiger partial charge in [0, 0.05) is 39.3 Å². The number of nitrogens with zero attached hydrogens (tertiary/aromatic N) is 2. The highest BCUT2D eigenvalue weighted by Crippen LogP contribution is 2.17. The van der Waals surface area contributed by atoms with Crippen molar-refractivity contribution < 1.29 is 9.90 Å². The van der Waals surface area contributed by atoms with Crippen LogP contribution in [0.2, 0.25) is 0 Å². The first kappa shape index (κ1) is 18.6. The van der Waals surface area contributed by atoms with Gasteiger partial charge in [0.2, 0.25) is 0 Å². The number of hydrogen-bond acceptors (Lipinski definition) is 3. The summed E-state index contributed by atoms with van der Waals surface area (Å²) in [6.07, 6.45) is 0. The van der Waals surface area contributed by atoms with E-state index in [4.69, 9.17) is 5.11 Å². The number of carbonyl (C=O) groups is 1. The van der Waals surface area contributed by atoms with E-state index in [1.807, 2.05) is 12.1 Å². The second kappa shape index (κ2) is 8.47. The Kier molecular flexibility index (Phi) is 6.07. The van der Waals surface area contributed by atoms with E-state index in [1.165, 1.54) is 11.1 Å². The molecule has 2 aromatic carbocycles. The van der Waals surface area contributed by atoms with E-state index < -0.39 is 5.97 Å². The van der Waals surface area contributed by atoms with E-state index in [0.717, 1.165) is 44.8 Å². The van der Waals surface area contributed by atoms with Crippen molar-refractivity contribution in [2.75, 3.05) is 26.2 Å². The van der Waals surface area contributed by atoms with Gasteiger partial charge in [-0.3, -0.25) is 9.80 Å². The summed E-state index contributed by atoms with van der Waals surface area (Å²) in [6.45, 7) is 10.4. The highest BCUT2D eigenvalue weighted by molar-refractivity contribution is 5.87. The van der Waals surface area contributed by atoms with Gasteiger partial charge in [-0.2, -0.15) is 0 Å². The van der Waals surface area contributed by atoms with Gasteiger partial charge in [0.25, 0.3) is 0 Å². The molecule has 0 bridgehead atoms. The van der Waals surface area contributed by atoms with Gasteiger partial charge in [-0.15, -0.1) is 0 Å². The zero-order valence-electron chi connectivity index (χ0n) is 15.7. The van der Waals surface area contributed by atoms with Crippen LogP contribution in [-0.4, -0.2) is 47.1 Å². The van der Waals surface area contributed by atoms with Crippen LogP contribution in [-0.2, 0) is 13.1 Å². The summed E-state index contributed by atoms with van der Waals surface area (Å²) in [4.78, 5) is 16.0. The second-order valence-electron chi connectivity index (χ2n) is 7.45. The van der Waals surface area contributed by atoms with Crippen molar-refractivity contribution in [3.63, 3.8) is 0 Å². The first-order valence-electron chi connectivity index (χ1n) is 9.37. The first-order valence-corrected chi connectivity index (χ1v) is 9.37. The highest BCUT2D eigenvalue weighted by Gasteiger charge is 2.17. The maximum atomic E-state index is 11.1. The van der Waals surface area contributed by atoms with Crippen LogP contribution in [0.3, 0.4) is 0 Å². The lowest BCUT2D eigenvalue weighted by Crippen LogP contribution is -2.45. The molecule has 0 amide bonds. The van der Waals surface area contributed by atoms with E-state index >= 15 is 0 Å². The molecule has 2 aromatic rings. The fraction of sp³-hybridized carbons (Fsp3) is 0.409. The molecule has 1 N–H and O–H groups in total. The summed E-state index contributed by atoms with van der Waals surface area (Å²) in [5, 5.41) is 9.12. The van der Waals surface area contributed by atoms with Crippen molar-refractivity contribution in [2.24, 2.45) is 0 Å². The third-order valence-electron chi connectivity index (χ3n) is 5.10. The van der Waals surface area contributed by atoms with Gasteiger partial charge in [-0.05, 0) is 34.7 Å². The second-order valence-corrected chi connectivity index (χ2v) is 7.45. The van der Waals surface area contributed by atoms with Crippen LogP contribution in [0.25, 0.3) is 0 Å². The molecule has 3 rings (SSSR count). The standard InChI is InChI=1S/C22H28N2O2/c1-17(2)20-8-6-18(7-9-20)15-23-10-12-24(13-11-23)16-19-4-3-5-21(14-19)22(25)26/h3-9,14,17H,10-13,15-16H2,1-2H3,(H,25,26). The largest absolute Gasteiger partial charge is 0.478 e. The summed E-state index contributed by atoms with van der Waals surface area (Å²) < 4.78 is 0. The number of carboxylic acid groups (broad SMARTS) is 1. The molecule has 0 radical (unpaired) electrons. The zero-order valence-corrected chi connectivity index (χ0v) is 15.7. The van der Waals surface area contributed by atoms with Crippen molar-refractivity contribution in [1.29, 1.82) is 0 Å². The van der Waals surface area contributed by atoms with Gasteiger partial charge in [0.05, 0.1) is 5.56 Å². The minimum Gasteiger partial charge on any atom is -0.478 e. The van der Waals surface area contributed by atoms with Crippen molar-refractivity contribution in [3.05, 3.63) is 70.8 Å². The molecule has 138 valence electrons. The molecule has 26 heavy (non-hydrogen) atoms. The normalized spacial score (nSPS) is 16.1. The lowest BCUT2D eigenvalue weighted by Gasteiger charge is -2.34. The lowest BCUT2D eigenvalue weighted by molar-refractivity contribution is 0.0696. The molecule has 4 nitrogen and oxygen atoms in total. The molecule has 4 heteroatoms. The van der Waals surface area contributed by atoms with Crippen molar-refractivity contribution in [3.8, 4) is 0 Å². The molecule has 1 aliphatic rings. The highest BCUT2D eigenvalue weighted by atomic mass is 16.4. The van der Waals surface area contributed by atoms with Crippen LogP contribution >= 0.6 is 0 Å². The van der Waals surface area contributed by atoms with Crippen LogP contribution in [0.1, 0.15) is 46.8 Å². The van der Waals surface area contributed by atoms with Gasteiger partial charge < -0.3 is 5.11 Å². The summed E-state index contributed by atoms with van der Waals surface area (Å²) in [5.41, 5.74) is 4.20. The number of carboxylic acids is 1. The molecule has 1 fully saturated rings.